The van der Waals surface area contributed by atoms with Gasteiger partial charge in [0.25, 0.3) is 0 Å². The summed E-state index contributed by atoms with van der Waals surface area (Å²) in [6.45, 7) is 0.786. The summed E-state index contributed by atoms with van der Waals surface area (Å²) >= 11 is 3.32. The molecule has 78 valence electrons. The third kappa shape index (κ3) is 2.77. The first kappa shape index (κ1) is 11.1. The summed E-state index contributed by atoms with van der Waals surface area (Å²) in [6, 6.07) is 0. The average molecular weight is 262 g/mol. The van der Waals surface area contributed by atoms with Gasteiger partial charge in [-0.15, -0.1) is 0 Å². The van der Waals surface area contributed by atoms with Crippen LogP contribution < -0.4 is 5.32 Å². The number of hydrogen-bond donors (Lipinski definition) is 1. The molecular weight excluding hydrogens is 250 g/mol. The molecule has 0 unspecified atom stereocenters. The minimum absolute atomic E-state index is 0.389. The molecule has 0 bridgehead atoms. The van der Waals surface area contributed by atoms with Crippen LogP contribution >= 0.6 is 15.9 Å². The molecule has 14 heavy (non-hydrogen) atoms. The van der Waals surface area contributed by atoms with Crippen LogP contribution in [0.15, 0.2) is 16.9 Å². The molecule has 0 saturated heterocycles. The monoisotopic (exact) mass is 261 g/mol. The second kappa shape index (κ2) is 5.70. The fourth-order valence-electron chi connectivity index (χ4n) is 0.992. The van der Waals surface area contributed by atoms with Crippen LogP contribution in [0.3, 0.4) is 0 Å². The van der Waals surface area contributed by atoms with Crippen molar-refractivity contribution in [3.05, 3.63) is 18.1 Å². The van der Waals surface area contributed by atoms with Crippen LogP contribution in [0.25, 0.3) is 0 Å². The first-order valence-electron chi connectivity index (χ1n) is 4.24. The zero-order chi connectivity index (χ0) is 10.4. The van der Waals surface area contributed by atoms with Crippen LogP contribution in [0.2, 0.25) is 0 Å². The number of rotatable bonds is 5. The number of halogens is 1. The van der Waals surface area contributed by atoms with Gasteiger partial charge < -0.3 is 14.5 Å². The Bertz CT molecular complexity index is 298. The number of hydrogen-bond acceptors (Lipinski definition) is 4. The quantitative estimate of drug-likeness (QED) is 0.502. The predicted octanol–water partition coefficient (Wildman–Crippen LogP) is 2.26. The molecule has 0 amide bonds. The van der Waals surface area contributed by atoms with Gasteiger partial charge in [0.05, 0.1) is 12.8 Å². The van der Waals surface area contributed by atoms with Gasteiger partial charge in [0.2, 0.25) is 0 Å². The van der Waals surface area contributed by atoms with Crippen molar-refractivity contribution in [2.24, 2.45) is 0 Å². The minimum Gasteiger partial charge on any atom is -0.469 e. The molecule has 0 atom stereocenters. The number of esters is 1. The highest BCUT2D eigenvalue weighted by Crippen LogP contribution is 2.17. The smallest absolute Gasteiger partial charge is 0.343 e. The van der Waals surface area contributed by atoms with E-state index in [4.69, 9.17) is 4.42 Å². The molecule has 0 aliphatic rings. The molecule has 0 saturated carbocycles. The van der Waals surface area contributed by atoms with Gasteiger partial charge >= 0.3 is 5.97 Å². The fourth-order valence-corrected chi connectivity index (χ4v) is 1.27. The van der Waals surface area contributed by atoms with Crippen molar-refractivity contribution in [2.75, 3.05) is 24.3 Å². The van der Waals surface area contributed by atoms with E-state index in [9.17, 15) is 4.79 Å². The number of carbonyl (C=O) groups excluding carboxylic acids is 1. The van der Waals surface area contributed by atoms with Gasteiger partial charge in [-0.05, 0) is 6.42 Å². The van der Waals surface area contributed by atoms with E-state index in [0.29, 0.717) is 11.3 Å². The Hall–Kier alpha value is -0.970. The van der Waals surface area contributed by atoms with Crippen molar-refractivity contribution in [1.82, 2.24) is 0 Å². The molecule has 0 radical (unpaired) electrons. The summed E-state index contributed by atoms with van der Waals surface area (Å²) < 4.78 is 9.52. The van der Waals surface area contributed by atoms with Crippen molar-refractivity contribution in [2.45, 2.75) is 6.42 Å². The molecule has 1 N–H and O–H groups in total. The maximum Gasteiger partial charge on any atom is 0.343 e. The van der Waals surface area contributed by atoms with E-state index in [2.05, 4.69) is 26.0 Å². The molecule has 0 spiro atoms. The standard InChI is InChI=1S/C9H12BrNO3/c1-13-9(12)7-5-14-6-8(7)11-4-2-3-10/h5-6,11H,2-4H2,1H3. The van der Waals surface area contributed by atoms with Crippen LogP contribution in [0.1, 0.15) is 16.8 Å². The van der Waals surface area contributed by atoms with Gasteiger partial charge in [0.1, 0.15) is 18.1 Å². The Labute approximate surface area is 90.7 Å². The highest BCUT2D eigenvalue weighted by Gasteiger charge is 2.13. The van der Waals surface area contributed by atoms with Crippen LogP contribution in [0.4, 0.5) is 5.69 Å². The van der Waals surface area contributed by atoms with Crippen molar-refractivity contribution in [3.8, 4) is 0 Å². The Morgan fingerprint density at radius 2 is 2.43 bits per heavy atom. The van der Waals surface area contributed by atoms with Gasteiger partial charge in [-0.1, -0.05) is 15.9 Å². The highest BCUT2D eigenvalue weighted by atomic mass is 79.9. The molecule has 0 aromatic carbocycles. The number of anilines is 1. The van der Waals surface area contributed by atoms with Crippen molar-refractivity contribution in [3.63, 3.8) is 0 Å². The Morgan fingerprint density at radius 3 is 3.07 bits per heavy atom. The third-order valence-electron chi connectivity index (χ3n) is 1.69. The normalized spacial score (nSPS) is 9.86. The Morgan fingerprint density at radius 1 is 1.64 bits per heavy atom. The molecule has 5 heteroatoms. The van der Waals surface area contributed by atoms with E-state index in [1.54, 1.807) is 0 Å². The Balaban J connectivity index is 2.58. The fraction of sp³-hybridized carbons (Fsp3) is 0.444. The molecule has 1 rings (SSSR count). The first-order chi connectivity index (χ1) is 6.79. The highest BCUT2D eigenvalue weighted by molar-refractivity contribution is 9.09. The van der Waals surface area contributed by atoms with E-state index in [-0.39, 0.29) is 5.97 Å². The lowest BCUT2D eigenvalue weighted by Gasteiger charge is -2.03. The van der Waals surface area contributed by atoms with E-state index in [1.165, 1.54) is 19.6 Å². The lowest BCUT2D eigenvalue weighted by molar-refractivity contribution is 0.0601. The van der Waals surface area contributed by atoms with Gasteiger partial charge in [0, 0.05) is 11.9 Å². The number of methoxy groups -OCH3 is 1. The summed E-state index contributed by atoms with van der Waals surface area (Å²) in [5.74, 6) is -0.389. The zero-order valence-electron chi connectivity index (χ0n) is 7.88. The summed E-state index contributed by atoms with van der Waals surface area (Å²) in [4.78, 5) is 11.2. The molecule has 1 heterocycles. The molecular formula is C9H12BrNO3. The molecule has 1 aromatic rings. The van der Waals surface area contributed by atoms with Crippen LogP contribution in [0, 0.1) is 0 Å². The third-order valence-corrected chi connectivity index (χ3v) is 2.25. The topological polar surface area (TPSA) is 51.5 Å². The molecule has 0 fully saturated rings. The lowest BCUT2D eigenvalue weighted by Crippen LogP contribution is -2.07. The second-order valence-electron chi connectivity index (χ2n) is 2.66. The van der Waals surface area contributed by atoms with E-state index in [1.807, 2.05) is 0 Å². The summed E-state index contributed by atoms with van der Waals surface area (Å²) in [5, 5.41) is 4.01. The molecule has 0 aliphatic heterocycles. The van der Waals surface area contributed by atoms with Crippen molar-refractivity contribution >= 4 is 27.6 Å². The van der Waals surface area contributed by atoms with Crippen LogP contribution in [-0.4, -0.2) is 25.0 Å². The summed E-state index contributed by atoms with van der Waals surface area (Å²) in [6.07, 6.45) is 3.86. The van der Waals surface area contributed by atoms with Gasteiger partial charge in [0.15, 0.2) is 0 Å². The largest absolute Gasteiger partial charge is 0.469 e. The van der Waals surface area contributed by atoms with Crippen LogP contribution in [-0.2, 0) is 4.74 Å². The maximum atomic E-state index is 11.2. The molecule has 0 aliphatic carbocycles. The number of alkyl halides is 1. The van der Waals surface area contributed by atoms with Gasteiger partial charge in [-0.2, -0.15) is 0 Å². The molecule has 1 aromatic heterocycles. The zero-order valence-corrected chi connectivity index (χ0v) is 9.46. The van der Waals surface area contributed by atoms with Crippen LogP contribution in [0.5, 0.6) is 0 Å². The van der Waals surface area contributed by atoms with Gasteiger partial charge in [-0.25, -0.2) is 4.79 Å². The van der Waals surface area contributed by atoms with E-state index >= 15 is 0 Å². The summed E-state index contributed by atoms with van der Waals surface area (Å²) in [5.41, 5.74) is 1.11. The van der Waals surface area contributed by atoms with E-state index < -0.39 is 0 Å². The number of nitrogens with one attached hydrogen (secondary N) is 1. The lowest BCUT2D eigenvalue weighted by atomic mass is 10.3. The van der Waals surface area contributed by atoms with E-state index in [0.717, 1.165) is 18.3 Å². The van der Waals surface area contributed by atoms with Crippen molar-refractivity contribution < 1.29 is 13.9 Å². The second-order valence-corrected chi connectivity index (χ2v) is 3.45. The minimum atomic E-state index is -0.389. The Kier molecular flexibility index (Phi) is 4.52. The first-order valence-corrected chi connectivity index (χ1v) is 5.36. The number of carbonyl (C=O) groups is 1. The SMILES string of the molecule is COC(=O)c1cocc1NCCCBr. The van der Waals surface area contributed by atoms with Crippen molar-refractivity contribution in [1.29, 1.82) is 0 Å². The number of ether oxygens (including phenoxy) is 1. The summed E-state index contributed by atoms with van der Waals surface area (Å²) in [7, 11) is 1.34. The predicted molar refractivity (Wildman–Crippen MR) is 56.9 cm³/mol. The van der Waals surface area contributed by atoms with Gasteiger partial charge in [-0.3, -0.25) is 0 Å². The number of furan rings is 1. The average Bonchev–Trinajstić information content (AvgIpc) is 2.65. The maximum absolute atomic E-state index is 11.2. The molecule has 4 nitrogen and oxygen atoms in total.